The maximum Gasteiger partial charge on any atom is 0.314 e. The predicted octanol–water partition coefficient (Wildman–Crippen LogP) is -0.190. The van der Waals surface area contributed by atoms with E-state index < -0.39 is 5.60 Å². The van der Waals surface area contributed by atoms with Crippen LogP contribution in [0.25, 0.3) is 0 Å². The number of nitrogens with one attached hydrogen (secondary N) is 3. The molecule has 0 aliphatic carbocycles. The Labute approximate surface area is 90.6 Å². The smallest absolute Gasteiger partial charge is 0.314 e. The summed E-state index contributed by atoms with van der Waals surface area (Å²) in [4.78, 5) is 11.2. The van der Waals surface area contributed by atoms with Gasteiger partial charge in [-0.05, 0) is 25.8 Å². The molecule has 5 heteroatoms. The number of urea groups is 1. The summed E-state index contributed by atoms with van der Waals surface area (Å²) in [6, 6.07) is -0.198. The zero-order chi connectivity index (χ0) is 11.1. The van der Waals surface area contributed by atoms with Crippen molar-refractivity contribution in [1.29, 1.82) is 0 Å². The summed E-state index contributed by atoms with van der Waals surface area (Å²) in [7, 11) is 0. The molecule has 4 N–H and O–H groups in total. The Morgan fingerprint density at radius 3 is 2.93 bits per heavy atom. The van der Waals surface area contributed by atoms with Crippen LogP contribution >= 0.6 is 0 Å². The first kappa shape index (κ1) is 12.3. The maximum absolute atomic E-state index is 11.2. The lowest BCUT2D eigenvalue weighted by atomic mass is 9.94. The lowest BCUT2D eigenvalue weighted by molar-refractivity contribution is 0.0194. The quantitative estimate of drug-likeness (QED) is 0.525. The summed E-state index contributed by atoms with van der Waals surface area (Å²) < 4.78 is 0. The van der Waals surface area contributed by atoms with Gasteiger partial charge in [0.05, 0.1) is 5.60 Å². The van der Waals surface area contributed by atoms with Crippen LogP contribution in [0, 0.1) is 0 Å². The Balaban J connectivity index is 2.19. The first-order valence-electron chi connectivity index (χ1n) is 5.61. The zero-order valence-electron chi connectivity index (χ0n) is 9.31. The lowest BCUT2D eigenvalue weighted by Crippen LogP contribution is -2.54. The number of piperidine rings is 1. The average Bonchev–Trinajstić information content (AvgIpc) is 2.25. The molecule has 88 valence electrons. The molecule has 15 heavy (non-hydrogen) atoms. The Hall–Kier alpha value is -0.810. The molecule has 1 saturated heterocycles. The molecule has 1 unspecified atom stereocenters. The maximum atomic E-state index is 11.2. The number of aliphatic hydroxyl groups is 1. The molecule has 0 bridgehead atoms. The Bertz CT molecular complexity index is 203. The van der Waals surface area contributed by atoms with Crippen molar-refractivity contribution in [2.45, 2.75) is 31.8 Å². The van der Waals surface area contributed by atoms with Crippen LogP contribution in [-0.2, 0) is 0 Å². The van der Waals surface area contributed by atoms with Gasteiger partial charge in [-0.2, -0.15) is 0 Å². The van der Waals surface area contributed by atoms with E-state index in [1.165, 1.54) is 0 Å². The summed E-state index contributed by atoms with van der Waals surface area (Å²) in [6.45, 7) is 4.49. The molecule has 0 aromatic rings. The van der Waals surface area contributed by atoms with Gasteiger partial charge in [0, 0.05) is 19.6 Å². The molecule has 1 aliphatic rings. The van der Waals surface area contributed by atoms with Crippen LogP contribution in [0.15, 0.2) is 0 Å². The largest absolute Gasteiger partial charge is 0.387 e. The van der Waals surface area contributed by atoms with Crippen LogP contribution < -0.4 is 16.0 Å². The minimum Gasteiger partial charge on any atom is -0.387 e. The van der Waals surface area contributed by atoms with Crippen LogP contribution in [0.5, 0.6) is 0 Å². The van der Waals surface area contributed by atoms with Gasteiger partial charge in [-0.15, -0.1) is 0 Å². The topological polar surface area (TPSA) is 73.4 Å². The zero-order valence-corrected chi connectivity index (χ0v) is 9.31. The van der Waals surface area contributed by atoms with Gasteiger partial charge in [-0.1, -0.05) is 6.92 Å². The highest BCUT2D eigenvalue weighted by atomic mass is 16.3. The van der Waals surface area contributed by atoms with Crippen molar-refractivity contribution >= 4 is 6.03 Å². The number of amides is 2. The average molecular weight is 215 g/mol. The summed E-state index contributed by atoms with van der Waals surface area (Å²) >= 11 is 0. The minimum atomic E-state index is -0.776. The minimum absolute atomic E-state index is 0.198. The van der Waals surface area contributed by atoms with Gasteiger partial charge in [0.25, 0.3) is 0 Å². The number of hydrogen-bond donors (Lipinski definition) is 4. The highest BCUT2D eigenvalue weighted by molar-refractivity contribution is 5.73. The van der Waals surface area contributed by atoms with Crippen molar-refractivity contribution in [2.24, 2.45) is 0 Å². The van der Waals surface area contributed by atoms with E-state index in [-0.39, 0.29) is 6.03 Å². The molecule has 1 atom stereocenters. The van der Waals surface area contributed by atoms with E-state index in [0.717, 1.165) is 25.8 Å². The normalized spacial score (nSPS) is 26.0. The number of carbonyl (C=O) groups is 1. The van der Waals surface area contributed by atoms with Crippen LogP contribution in [0.2, 0.25) is 0 Å². The third-order valence-corrected chi connectivity index (χ3v) is 2.56. The fourth-order valence-electron chi connectivity index (χ4n) is 1.65. The van der Waals surface area contributed by atoms with Gasteiger partial charge in [-0.25, -0.2) is 4.79 Å². The number of β-amino-alcohol motifs (C(OH)–C–C–N with tert-alkyl or cyclic N) is 1. The first-order chi connectivity index (χ1) is 7.16. The highest BCUT2D eigenvalue weighted by Gasteiger charge is 2.29. The Kier molecular flexibility index (Phi) is 4.84. The van der Waals surface area contributed by atoms with E-state index in [4.69, 9.17) is 0 Å². The van der Waals surface area contributed by atoms with Crippen molar-refractivity contribution in [3.8, 4) is 0 Å². The molecule has 5 nitrogen and oxygen atoms in total. The first-order valence-corrected chi connectivity index (χ1v) is 5.61. The Morgan fingerprint density at radius 1 is 1.53 bits per heavy atom. The van der Waals surface area contributed by atoms with Crippen molar-refractivity contribution in [3.63, 3.8) is 0 Å². The third kappa shape index (κ3) is 4.48. The van der Waals surface area contributed by atoms with Crippen molar-refractivity contribution in [2.75, 3.05) is 26.2 Å². The molecule has 0 aromatic carbocycles. The van der Waals surface area contributed by atoms with Gasteiger partial charge in [0.2, 0.25) is 0 Å². The van der Waals surface area contributed by atoms with Gasteiger partial charge in [0.15, 0.2) is 0 Å². The Morgan fingerprint density at radius 2 is 2.33 bits per heavy atom. The standard InChI is InChI=1S/C10H21N3O2/c1-2-5-12-9(14)13-8-10(15)4-3-6-11-7-10/h11,15H,2-8H2,1H3,(H2,12,13,14). The van der Waals surface area contributed by atoms with Crippen LogP contribution in [0.3, 0.4) is 0 Å². The van der Waals surface area contributed by atoms with E-state index in [1.807, 2.05) is 6.92 Å². The van der Waals surface area contributed by atoms with Crippen molar-refractivity contribution < 1.29 is 9.90 Å². The molecular weight excluding hydrogens is 194 g/mol. The fourth-order valence-corrected chi connectivity index (χ4v) is 1.65. The molecular formula is C10H21N3O2. The van der Waals surface area contributed by atoms with E-state index in [1.54, 1.807) is 0 Å². The fraction of sp³-hybridized carbons (Fsp3) is 0.900. The number of carbonyl (C=O) groups excluding carboxylic acids is 1. The summed E-state index contributed by atoms with van der Waals surface area (Å²) in [5.41, 5.74) is -0.776. The highest BCUT2D eigenvalue weighted by Crippen LogP contribution is 2.14. The van der Waals surface area contributed by atoms with E-state index in [9.17, 15) is 9.90 Å². The second-order valence-corrected chi connectivity index (χ2v) is 4.11. The number of hydrogen-bond acceptors (Lipinski definition) is 3. The molecule has 1 rings (SSSR count). The van der Waals surface area contributed by atoms with Gasteiger partial charge in [-0.3, -0.25) is 0 Å². The van der Waals surface area contributed by atoms with Gasteiger partial charge >= 0.3 is 6.03 Å². The van der Waals surface area contributed by atoms with Crippen LogP contribution in [0.1, 0.15) is 26.2 Å². The molecule has 2 amide bonds. The van der Waals surface area contributed by atoms with E-state index >= 15 is 0 Å². The monoisotopic (exact) mass is 215 g/mol. The van der Waals surface area contributed by atoms with Gasteiger partial charge < -0.3 is 21.1 Å². The predicted molar refractivity (Wildman–Crippen MR) is 58.7 cm³/mol. The molecule has 0 spiro atoms. The molecule has 0 saturated carbocycles. The molecule has 0 radical (unpaired) electrons. The second kappa shape index (κ2) is 5.92. The second-order valence-electron chi connectivity index (χ2n) is 4.11. The lowest BCUT2D eigenvalue weighted by Gasteiger charge is -2.32. The molecule has 1 fully saturated rings. The summed E-state index contributed by atoms with van der Waals surface area (Å²) in [5, 5.41) is 18.6. The van der Waals surface area contributed by atoms with Crippen molar-refractivity contribution in [3.05, 3.63) is 0 Å². The van der Waals surface area contributed by atoms with Gasteiger partial charge in [0.1, 0.15) is 0 Å². The van der Waals surface area contributed by atoms with Crippen LogP contribution in [0.4, 0.5) is 4.79 Å². The molecule has 1 aliphatic heterocycles. The van der Waals surface area contributed by atoms with Crippen molar-refractivity contribution in [1.82, 2.24) is 16.0 Å². The molecule has 1 heterocycles. The van der Waals surface area contributed by atoms with E-state index in [0.29, 0.717) is 19.6 Å². The molecule has 0 aromatic heterocycles. The third-order valence-electron chi connectivity index (χ3n) is 2.56. The van der Waals surface area contributed by atoms with Crippen LogP contribution in [-0.4, -0.2) is 42.9 Å². The SMILES string of the molecule is CCCNC(=O)NCC1(O)CCCNC1. The summed E-state index contributed by atoms with van der Waals surface area (Å²) in [5.74, 6) is 0. The number of rotatable bonds is 4. The summed E-state index contributed by atoms with van der Waals surface area (Å²) in [6.07, 6.45) is 2.61. The van der Waals surface area contributed by atoms with E-state index in [2.05, 4.69) is 16.0 Å².